The summed E-state index contributed by atoms with van der Waals surface area (Å²) in [6.45, 7) is 2.30. The molecule has 1 atom stereocenters. The van der Waals surface area contributed by atoms with Gasteiger partial charge >= 0.3 is 6.03 Å². The van der Waals surface area contributed by atoms with Gasteiger partial charge in [0.05, 0.1) is 12.5 Å². The van der Waals surface area contributed by atoms with Crippen LogP contribution in [0.1, 0.15) is 25.7 Å². The van der Waals surface area contributed by atoms with E-state index in [4.69, 9.17) is 0 Å². The molecule has 7 nitrogen and oxygen atoms in total. The highest BCUT2D eigenvalue weighted by molar-refractivity contribution is 5.95. The third kappa shape index (κ3) is 5.34. The van der Waals surface area contributed by atoms with Crippen LogP contribution in [0.2, 0.25) is 0 Å². The topological polar surface area (TPSA) is 90.5 Å². The van der Waals surface area contributed by atoms with E-state index in [9.17, 15) is 14.4 Å². The fourth-order valence-electron chi connectivity index (χ4n) is 2.56. The van der Waals surface area contributed by atoms with Crippen molar-refractivity contribution in [2.24, 2.45) is 11.8 Å². The first-order valence-electron chi connectivity index (χ1n) is 7.60. The van der Waals surface area contributed by atoms with Gasteiger partial charge in [-0.2, -0.15) is 0 Å². The third-order valence-corrected chi connectivity index (χ3v) is 3.99. The Labute approximate surface area is 124 Å². The highest BCUT2D eigenvalue weighted by Gasteiger charge is 2.28. The summed E-state index contributed by atoms with van der Waals surface area (Å²) in [5.41, 5.74) is 0. The quantitative estimate of drug-likeness (QED) is 0.648. The van der Waals surface area contributed by atoms with E-state index in [0.29, 0.717) is 12.5 Å². The molecule has 0 aromatic heterocycles. The molecule has 1 unspecified atom stereocenters. The van der Waals surface area contributed by atoms with E-state index in [1.54, 1.807) is 0 Å². The van der Waals surface area contributed by atoms with Gasteiger partial charge in [0, 0.05) is 20.1 Å². The minimum Gasteiger partial charge on any atom is -0.356 e. The lowest BCUT2D eigenvalue weighted by Crippen LogP contribution is -2.48. The van der Waals surface area contributed by atoms with Crippen molar-refractivity contribution in [3.05, 3.63) is 0 Å². The van der Waals surface area contributed by atoms with Crippen molar-refractivity contribution in [1.82, 2.24) is 20.9 Å². The van der Waals surface area contributed by atoms with Gasteiger partial charge < -0.3 is 10.6 Å². The molecule has 1 aliphatic carbocycles. The van der Waals surface area contributed by atoms with Crippen LogP contribution in [0.5, 0.6) is 0 Å². The SMILES string of the molecule is CNC(=O)NC(=O)CN1CCCC(C(=O)NCC2CC2)C1. The fraction of sp³-hybridized carbons (Fsp3) is 0.786. The normalized spacial score (nSPS) is 22.4. The first-order valence-corrected chi connectivity index (χ1v) is 7.60. The lowest BCUT2D eigenvalue weighted by molar-refractivity contribution is -0.128. The van der Waals surface area contributed by atoms with Crippen molar-refractivity contribution in [3.63, 3.8) is 0 Å². The van der Waals surface area contributed by atoms with Crippen LogP contribution in [0, 0.1) is 11.8 Å². The van der Waals surface area contributed by atoms with Crippen molar-refractivity contribution in [3.8, 4) is 0 Å². The van der Waals surface area contributed by atoms with Gasteiger partial charge in [-0.1, -0.05) is 0 Å². The molecule has 1 heterocycles. The molecule has 0 spiro atoms. The number of urea groups is 1. The zero-order valence-electron chi connectivity index (χ0n) is 12.5. The summed E-state index contributed by atoms with van der Waals surface area (Å²) in [6, 6.07) is -0.504. The molecule has 0 aromatic carbocycles. The molecule has 1 aliphatic heterocycles. The molecule has 7 heteroatoms. The Bertz CT molecular complexity index is 409. The molecule has 0 aromatic rings. The minimum absolute atomic E-state index is 0.0506. The smallest absolute Gasteiger partial charge is 0.321 e. The van der Waals surface area contributed by atoms with E-state index in [-0.39, 0.29) is 24.3 Å². The summed E-state index contributed by atoms with van der Waals surface area (Å²) in [7, 11) is 1.46. The Kier molecular flexibility index (Phi) is 5.55. The number of carbonyl (C=O) groups is 3. The van der Waals surface area contributed by atoms with Crippen LogP contribution < -0.4 is 16.0 Å². The lowest BCUT2D eigenvalue weighted by atomic mass is 9.97. The average molecular weight is 296 g/mol. The molecule has 0 radical (unpaired) electrons. The monoisotopic (exact) mass is 296 g/mol. The number of nitrogens with one attached hydrogen (secondary N) is 3. The lowest BCUT2D eigenvalue weighted by Gasteiger charge is -2.31. The molecule has 4 amide bonds. The molecule has 21 heavy (non-hydrogen) atoms. The summed E-state index contributed by atoms with van der Waals surface area (Å²) < 4.78 is 0. The Morgan fingerprint density at radius 1 is 1.19 bits per heavy atom. The van der Waals surface area contributed by atoms with Crippen LogP contribution in [-0.4, -0.2) is 56.0 Å². The Hall–Kier alpha value is -1.63. The van der Waals surface area contributed by atoms with E-state index in [0.717, 1.165) is 25.9 Å². The van der Waals surface area contributed by atoms with Crippen molar-refractivity contribution in [1.29, 1.82) is 0 Å². The van der Waals surface area contributed by atoms with Crippen molar-refractivity contribution in [2.75, 3.05) is 33.2 Å². The van der Waals surface area contributed by atoms with Crippen LogP contribution in [0.3, 0.4) is 0 Å². The summed E-state index contributed by atoms with van der Waals surface area (Å²) in [5, 5.41) is 7.58. The first kappa shape index (κ1) is 15.8. The molecular formula is C14H24N4O3. The van der Waals surface area contributed by atoms with Gasteiger partial charge in [0.1, 0.15) is 0 Å². The van der Waals surface area contributed by atoms with Gasteiger partial charge in [-0.05, 0) is 38.1 Å². The molecule has 0 bridgehead atoms. The van der Waals surface area contributed by atoms with E-state index in [1.165, 1.54) is 19.9 Å². The number of rotatable bonds is 5. The Balaban J connectivity index is 1.72. The van der Waals surface area contributed by atoms with E-state index >= 15 is 0 Å². The van der Waals surface area contributed by atoms with Crippen LogP contribution in [0.15, 0.2) is 0 Å². The van der Waals surface area contributed by atoms with Crippen LogP contribution in [-0.2, 0) is 9.59 Å². The van der Waals surface area contributed by atoms with Gasteiger partial charge in [0.15, 0.2) is 0 Å². The summed E-state index contributed by atoms with van der Waals surface area (Å²) >= 11 is 0. The largest absolute Gasteiger partial charge is 0.356 e. The molecule has 2 aliphatic rings. The van der Waals surface area contributed by atoms with Crippen LogP contribution >= 0.6 is 0 Å². The molecular weight excluding hydrogens is 272 g/mol. The van der Waals surface area contributed by atoms with Crippen molar-refractivity contribution in [2.45, 2.75) is 25.7 Å². The summed E-state index contributed by atoms with van der Waals surface area (Å²) in [5.74, 6) is 0.379. The van der Waals surface area contributed by atoms with Gasteiger partial charge in [-0.25, -0.2) is 4.79 Å². The number of imide groups is 1. The number of likely N-dealkylation sites (tertiary alicyclic amines) is 1. The Morgan fingerprint density at radius 2 is 1.95 bits per heavy atom. The van der Waals surface area contributed by atoms with Crippen LogP contribution in [0.4, 0.5) is 4.79 Å². The molecule has 118 valence electrons. The maximum Gasteiger partial charge on any atom is 0.321 e. The van der Waals surface area contributed by atoms with Crippen molar-refractivity contribution >= 4 is 17.8 Å². The molecule has 1 saturated carbocycles. The Morgan fingerprint density at radius 3 is 2.62 bits per heavy atom. The molecule has 3 N–H and O–H groups in total. The first-order chi connectivity index (χ1) is 10.1. The number of nitrogens with zero attached hydrogens (tertiary/aromatic N) is 1. The second-order valence-corrected chi connectivity index (χ2v) is 5.89. The van der Waals surface area contributed by atoms with Gasteiger partial charge in [-0.3, -0.25) is 19.8 Å². The fourth-order valence-corrected chi connectivity index (χ4v) is 2.56. The van der Waals surface area contributed by atoms with E-state index in [2.05, 4.69) is 16.0 Å². The van der Waals surface area contributed by atoms with E-state index < -0.39 is 6.03 Å². The third-order valence-electron chi connectivity index (χ3n) is 3.99. The maximum atomic E-state index is 12.1. The second kappa shape index (κ2) is 7.40. The highest BCUT2D eigenvalue weighted by atomic mass is 16.2. The molecule has 2 rings (SSSR count). The van der Waals surface area contributed by atoms with Crippen LogP contribution in [0.25, 0.3) is 0 Å². The summed E-state index contributed by atoms with van der Waals surface area (Å²) in [6.07, 6.45) is 4.20. The minimum atomic E-state index is -0.504. The molecule has 2 fully saturated rings. The number of hydrogen-bond acceptors (Lipinski definition) is 4. The van der Waals surface area contributed by atoms with Crippen molar-refractivity contribution < 1.29 is 14.4 Å². The highest BCUT2D eigenvalue weighted by Crippen LogP contribution is 2.27. The number of hydrogen-bond donors (Lipinski definition) is 3. The number of piperidine rings is 1. The second-order valence-electron chi connectivity index (χ2n) is 5.89. The van der Waals surface area contributed by atoms with Gasteiger partial charge in [-0.15, -0.1) is 0 Å². The number of carbonyl (C=O) groups excluding carboxylic acids is 3. The predicted octanol–water partition coefficient (Wildman–Crippen LogP) is -0.320. The zero-order chi connectivity index (χ0) is 15.2. The standard InChI is InChI=1S/C14H24N4O3/c1-15-14(21)17-12(19)9-18-6-2-3-11(8-18)13(20)16-7-10-4-5-10/h10-11H,2-9H2,1H3,(H,16,20)(H2,15,17,19,21). The maximum absolute atomic E-state index is 12.1. The summed E-state index contributed by atoms with van der Waals surface area (Å²) in [4.78, 5) is 36.7. The number of amides is 4. The molecule has 1 saturated heterocycles. The van der Waals surface area contributed by atoms with Gasteiger partial charge in [0.25, 0.3) is 0 Å². The van der Waals surface area contributed by atoms with Gasteiger partial charge in [0.2, 0.25) is 11.8 Å². The average Bonchev–Trinajstić information content (AvgIpc) is 3.29. The predicted molar refractivity (Wildman–Crippen MR) is 77.5 cm³/mol. The zero-order valence-corrected chi connectivity index (χ0v) is 12.5. The van der Waals surface area contributed by atoms with E-state index in [1.807, 2.05) is 4.90 Å².